The minimum atomic E-state index is -0.592. The van der Waals surface area contributed by atoms with Gasteiger partial charge in [0.1, 0.15) is 6.04 Å². The summed E-state index contributed by atoms with van der Waals surface area (Å²) in [7, 11) is 0. The fourth-order valence-corrected chi connectivity index (χ4v) is 2.07. The molecule has 1 aromatic rings. The molecule has 0 bridgehead atoms. The molecule has 2 heterocycles. The lowest BCUT2D eigenvalue weighted by Crippen LogP contribution is -2.58. The van der Waals surface area contributed by atoms with E-state index in [-0.39, 0.29) is 5.91 Å². The normalized spacial score (nSPS) is 19.6. The highest BCUT2D eigenvalue weighted by atomic mass is 16.2. The van der Waals surface area contributed by atoms with Gasteiger partial charge in [-0.25, -0.2) is 0 Å². The van der Waals surface area contributed by atoms with Crippen molar-refractivity contribution in [2.24, 2.45) is 5.73 Å². The molecule has 96 valence electrons. The zero-order valence-corrected chi connectivity index (χ0v) is 10.2. The van der Waals surface area contributed by atoms with Crippen LogP contribution in [-0.2, 0) is 4.79 Å². The van der Waals surface area contributed by atoms with Crippen LogP contribution < -0.4 is 11.1 Å². The Morgan fingerprint density at radius 1 is 1.56 bits per heavy atom. The Morgan fingerprint density at radius 3 is 3.00 bits per heavy atom. The van der Waals surface area contributed by atoms with E-state index >= 15 is 0 Å². The SMILES string of the molecule is Cc1ncccc1C(=O)N1CCNCC1C(N)=O. The van der Waals surface area contributed by atoms with Gasteiger partial charge in [-0.3, -0.25) is 14.6 Å². The molecule has 1 aromatic heterocycles. The number of piperazine rings is 1. The third-order valence-corrected chi connectivity index (χ3v) is 3.07. The van der Waals surface area contributed by atoms with E-state index in [0.29, 0.717) is 30.9 Å². The molecule has 2 rings (SSSR count). The molecule has 1 aliphatic heterocycles. The van der Waals surface area contributed by atoms with Crippen molar-refractivity contribution >= 4 is 11.8 Å². The maximum atomic E-state index is 12.4. The molecular formula is C12H16N4O2. The minimum Gasteiger partial charge on any atom is -0.368 e. The highest BCUT2D eigenvalue weighted by molar-refractivity contribution is 5.98. The van der Waals surface area contributed by atoms with Gasteiger partial charge in [0.25, 0.3) is 5.91 Å². The number of nitrogens with zero attached hydrogens (tertiary/aromatic N) is 2. The molecular weight excluding hydrogens is 232 g/mol. The number of carbonyl (C=O) groups is 2. The fourth-order valence-electron chi connectivity index (χ4n) is 2.07. The molecule has 18 heavy (non-hydrogen) atoms. The van der Waals surface area contributed by atoms with Crippen molar-refractivity contribution in [2.75, 3.05) is 19.6 Å². The lowest BCUT2D eigenvalue weighted by Gasteiger charge is -2.34. The van der Waals surface area contributed by atoms with Gasteiger partial charge in [-0.2, -0.15) is 0 Å². The number of nitrogens with two attached hydrogens (primary N) is 1. The average Bonchev–Trinajstić information content (AvgIpc) is 2.38. The number of hydrogen-bond donors (Lipinski definition) is 2. The Kier molecular flexibility index (Phi) is 3.57. The molecule has 6 heteroatoms. The predicted octanol–water partition coefficient (Wildman–Crippen LogP) is -0.711. The van der Waals surface area contributed by atoms with Gasteiger partial charge in [0.05, 0.1) is 5.56 Å². The van der Waals surface area contributed by atoms with E-state index < -0.39 is 11.9 Å². The van der Waals surface area contributed by atoms with Crippen LogP contribution in [0, 0.1) is 6.92 Å². The summed E-state index contributed by atoms with van der Waals surface area (Å²) < 4.78 is 0. The lowest BCUT2D eigenvalue weighted by molar-refractivity contribution is -0.122. The van der Waals surface area contributed by atoms with Crippen molar-refractivity contribution in [2.45, 2.75) is 13.0 Å². The van der Waals surface area contributed by atoms with Crippen LogP contribution in [0.1, 0.15) is 16.1 Å². The zero-order valence-electron chi connectivity index (χ0n) is 10.2. The summed E-state index contributed by atoms with van der Waals surface area (Å²) >= 11 is 0. The zero-order chi connectivity index (χ0) is 13.1. The largest absolute Gasteiger partial charge is 0.368 e. The minimum absolute atomic E-state index is 0.189. The highest BCUT2D eigenvalue weighted by Crippen LogP contribution is 2.12. The number of aromatic nitrogens is 1. The van der Waals surface area contributed by atoms with Gasteiger partial charge in [-0.1, -0.05) is 0 Å². The van der Waals surface area contributed by atoms with Gasteiger partial charge in [0.15, 0.2) is 0 Å². The number of hydrogen-bond acceptors (Lipinski definition) is 4. The van der Waals surface area contributed by atoms with Crippen molar-refractivity contribution in [1.29, 1.82) is 0 Å². The summed E-state index contributed by atoms with van der Waals surface area (Å²) in [4.78, 5) is 29.3. The van der Waals surface area contributed by atoms with E-state index in [9.17, 15) is 9.59 Å². The first kappa shape index (κ1) is 12.5. The molecule has 3 N–H and O–H groups in total. The van der Waals surface area contributed by atoms with Crippen molar-refractivity contribution in [1.82, 2.24) is 15.2 Å². The average molecular weight is 248 g/mol. The number of pyridine rings is 1. The second-order valence-corrected chi connectivity index (χ2v) is 4.26. The van der Waals surface area contributed by atoms with Crippen LogP contribution in [0.15, 0.2) is 18.3 Å². The third-order valence-electron chi connectivity index (χ3n) is 3.07. The lowest BCUT2D eigenvalue weighted by atomic mass is 10.1. The van der Waals surface area contributed by atoms with Gasteiger partial charge in [0.2, 0.25) is 5.91 Å². The standard InChI is InChI=1S/C12H16N4O2/c1-8-9(3-2-4-15-8)12(18)16-6-5-14-7-10(16)11(13)17/h2-4,10,14H,5-7H2,1H3,(H2,13,17). The maximum Gasteiger partial charge on any atom is 0.256 e. The van der Waals surface area contributed by atoms with Crippen molar-refractivity contribution in [3.05, 3.63) is 29.6 Å². The second kappa shape index (κ2) is 5.14. The van der Waals surface area contributed by atoms with E-state index in [2.05, 4.69) is 10.3 Å². The molecule has 1 unspecified atom stereocenters. The first-order valence-corrected chi connectivity index (χ1v) is 5.84. The van der Waals surface area contributed by atoms with Gasteiger partial charge in [-0.05, 0) is 19.1 Å². The molecule has 0 radical (unpaired) electrons. The molecule has 0 spiro atoms. The Bertz CT molecular complexity index is 475. The van der Waals surface area contributed by atoms with Crippen LogP contribution in [-0.4, -0.2) is 47.4 Å². The van der Waals surface area contributed by atoms with Crippen molar-refractivity contribution < 1.29 is 9.59 Å². The number of aryl methyl sites for hydroxylation is 1. The molecule has 0 saturated carbocycles. The second-order valence-electron chi connectivity index (χ2n) is 4.26. The number of primary amides is 1. The molecule has 0 aromatic carbocycles. The first-order valence-electron chi connectivity index (χ1n) is 5.84. The Labute approximate surface area is 105 Å². The van der Waals surface area contributed by atoms with Gasteiger partial charge in [-0.15, -0.1) is 0 Å². The van der Waals surface area contributed by atoms with Gasteiger partial charge in [0, 0.05) is 31.5 Å². The Morgan fingerprint density at radius 2 is 2.33 bits per heavy atom. The van der Waals surface area contributed by atoms with Crippen LogP contribution in [0.3, 0.4) is 0 Å². The number of amides is 2. The number of rotatable bonds is 2. The van der Waals surface area contributed by atoms with E-state index in [4.69, 9.17) is 5.73 Å². The quantitative estimate of drug-likeness (QED) is 0.723. The maximum absolute atomic E-state index is 12.4. The molecule has 2 amide bonds. The van der Waals surface area contributed by atoms with Crippen LogP contribution in [0.2, 0.25) is 0 Å². The van der Waals surface area contributed by atoms with Crippen molar-refractivity contribution in [3.8, 4) is 0 Å². The van der Waals surface area contributed by atoms with E-state index in [1.165, 1.54) is 4.90 Å². The molecule has 1 fully saturated rings. The van der Waals surface area contributed by atoms with E-state index in [0.717, 1.165) is 0 Å². The third kappa shape index (κ3) is 2.33. The summed E-state index contributed by atoms with van der Waals surface area (Å²) in [6, 6.07) is 2.83. The summed E-state index contributed by atoms with van der Waals surface area (Å²) in [6.07, 6.45) is 1.63. The van der Waals surface area contributed by atoms with Gasteiger partial charge >= 0.3 is 0 Å². The first-order chi connectivity index (χ1) is 8.61. The molecule has 1 atom stereocenters. The molecule has 0 aliphatic carbocycles. The van der Waals surface area contributed by atoms with E-state index in [1.54, 1.807) is 25.3 Å². The van der Waals surface area contributed by atoms with Crippen LogP contribution in [0.25, 0.3) is 0 Å². The number of carbonyl (C=O) groups excluding carboxylic acids is 2. The molecule has 6 nitrogen and oxygen atoms in total. The Hall–Kier alpha value is -1.95. The predicted molar refractivity (Wildman–Crippen MR) is 65.9 cm³/mol. The van der Waals surface area contributed by atoms with Crippen LogP contribution >= 0.6 is 0 Å². The highest BCUT2D eigenvalue weighted by Gasteiger charge is 2.31. The molecule has 1 aliphatic rings. The number of nitrogens with one attached hydrogen (secondary N) is 1. The van der Waals surface area contributed by atoms with Crippen molar-refractivity contribution in [3.63, 3.8) is 0 Å². The van der Waals surface area contributed by atoms with E-state index in [1.807, 2.05) is 0 Å². The van der Waals surface area contributed by atoms with Gasteiger partial charge < -0.3 is 16.0 Å². The fraction of sp³-hybridized carbons (Fsp3) is 0.417. The Balaban J connectivity index is 2.27. The monoisotopic (exact) mass is 248 g/mol. The molecule has 1 saturated heterocycles. The van der Waals surface area contributed by atoms with Crippen LogP contribution in [0.5, 0.6) is 0 Å². The summed E-state index contributed by atoms with van der Waals surface area (Å²) in [5.41, 5.74) is 6.50. The summed E-state index contributed by atoms with van der Waals surface area (Å²) in [5.74, 6) is -0.678. The summed E-state index contributed by atoms with van der Waals surface area (Å²) in [5, 5.41) is 3.06. The van der Waals surface area contributed by atoms with Crippen LogP contribution in [0.4, 0.5) is 0 Å². The topological polar surface area (TPSA) is 88.3 Å². The smallest absolute Gasteiger partial charge is 0.256 e. The summed E-state index contributed by atoms with van der Waals surface area (Å²) in [6.45, 7) is 3.31.